The van der Waals surface area contributed by atoms with Crippen LogP contribution in [0.15, 0.2) is 23.4 Å². The molecule has 0 spiro atoms. The lowest BCUT2D eigenvalue weighted by Gasteiger charge is -2.20. The van der Waals surface area contributed by atoms with Gasteiger partial charge in [-0.05, 0) is 37.3 Å². The fourth-order valence-electron chi connectivity index (χ4n) is 2.49. The lowest BCUT2D eigenvalue weighted by Crippen LogP contribution is -2.15. The minimum atomic E-state index is 0.779. The van der Waals surface area contributed by atoms with Gasteiger partial charge in [-0.3, -0.25) is 0 Å². The van der Waals surface area contributed by atoms with Crippen LogP contribution in [0.2, 0.25) is 0 Å². The minimum Gasteiger partial charge on any atom is -0.310 e. The van der Waals surface area contributed by atoms with Gasteiger partial charge in [0.1, 0.15) is 0 Å². The molecule has 3 rings (SSSR count). The first-order valence-electron chi connectivity index (χ1n) is 7.25. The average Bonchev–Trinajstić information content (AvgIpc) is 3.23. The third-order valence-corrected chi connectivity index (χ3v) is 5.10. The van der Waals surface area contributed by atoms with Gasteiger partial charge in [-0.1, -0.05) is 25.3 Å². The molecule has 0 saturated heterocycles. The van der Waals surface area contributed by atoms with E-state index in [9.17, 15) is 0 Å². The Bertz CT molecular complexity index is 367. The molecule has 1 heterocycles. The summed E-state index contributed by atoms with van der Waals surface area (Å²) in [4.78, 5) is 4.59. The highest BCUT2D eigenvalue weighted by atomic mass is 32.2. The minimum absolute atomic E-state index is 0.779. The molecule has 2 aliphatic rings. The number of aromatic nitrogens is 1. The third kappa shape index (κ3) is 3.72. The molecule has 0 aliphatic heterocycles. The summed E-state index contributed by atoms with van der Waals surface area (Å²) >= 11 is 1.98. The van der Waals surface area contributed by atoms with Gasteiger partial charge in [0.25, 0.3) is 0 Å². The van der Waals surface area contributed by atoms with Gasteiger partial charge in [0.15, 0.2) is 0 Å². The third-order valence-electron chi connectivity index (χ3n) is 3.81. The van der Waals surface area contributed by atoms with Crippen LogP contribution < -0.4 is 5.32 Å². The normalized spacial score (nSPS) is 21.1. The van der Waals surface area contributed by atoms with Crippen molar-refractivity contribution >= 4 is 11.8 Å². The van der Waals surface area contributed by atoms with Crippen LogP contribution in [-0.4, -0.2) is 16.3 Å². The smallest absolute Gasteiger partial charge is 0.0962 e. The molecule has 1 aromatic heterocycles. The maximum Gasteiger partial charge on any atom is 0.0962 e. The summed E-state index contributed by atoms with van der Waals surface area (Å²) in [6.07, 6.45) is 11.7. The van der Waals surface area contributed by atoms with E-state index in [4.69, 9.17) is 0 Å². The Morgan fingerprint density at radius 2 is 1.94 bits per heavy atom. The summed E-state index contributed by atoms with van der Waals surface area (Å²) in [5.41, 5.74) is 1.31. The van der Waals surface area contributed by atoms with E-state index < -0.39 is 0 Å². The second-order valence-corrected chi connectivity index (χ2v) is 6.86. The van der Waals surface area contributed by atoms with Crippen LogP contribution in [0.5, 0.6) is 0 Å². The molecule has 0 atom stereocenters. The Morgan fingerprint density at radius 1 is 1.11 bits per heavy atom. The molecule has 0 radical (unpaired) electrons. The van der Waals surface area contributed by atoms with Crippen LogP contribution in [0, 0.1) is 0 Å². The molecule has 0 aromatic carbocycles. The van der Waals surface area contributed by atoms with Crippen molar-refractivity contribution in [3.8, 4) is 0 Å². The lowest BCUT2D eigenvalue weighted by atomic mass is 10.0. The monoisotopic (exact) mass is 262 g/mol. The van der Waals surface area contributed by atoms with Crippen molar-refractivity contribution in [2.75, 3.05) is 0 Å². The molecule has 0 amide bonds. The Labute approximate surface area is 114 Å². The molecule has 2 nitrogen and oxygen atoms in total. The van der Waals surface area contributed by atoms with E-state index in [-0.39, 0.29) is 0 Å². The molecule has 1 N–H and O–H groups in total. The summed E-state index contributed by atoms with van der Waals surface area (Å²) in [6, 6.07) is 5.21. The predicted octanol–water partition coefficient (Wildman–Crippen LogP) is 3.76. The summed E-state index contributed by atoms with van der Waals surface area (Å²) in [7, 11) is 0. The number of nitrogens with one attached hydrogen (secondary N) is 1. The van der Waals surface area contributed by atoms with E-state index in [1.807, 2.05) is 18.0 Å². The first-order valence-corrected chi connectivity index (χ1v) is 8.13. The second kappa shape index (κ2) is 6.07. The summed E-state index contributed by atoms with van der Waals surface area (Å²) < 4.78 is 0. The van der Waals surface area contributed by atoms with Crippen molar-refractivity contribution in [2.45, 2.75) is 67.8 Å². The van der Waals surface area contributed by atoms with Crippen molar-refractivity contribution in [3.05, 3.63) is 23.9 Å². The fourth-order valence-corrected chi connectivity index (χ4v) is 3.66. The van der Waals surface area contributed by atoms with Gasteiger partial charge in [-0.25, -0.2) is 4.98 Å². The van der Waals surface area contributed by atoms with E-state index in [1.54, 1.807) is 0 Å². The van der Waals surface area contributed by atoms with Crippen molar-refractivity contribution in [3.63, 3.8) is 0 Å². The van der Waals surface area contributed by atoms with Crippen molar-refractivity contribution in [1.82, 2.24) is 10.3 Å². The Morgan fingerprint density at radius 3 is 2.61 bits per heavy atom. The van der Waals surface area contributed by atoms with Crippen LogP contribution in [0.25, 0.3) is 0 Å². The zero-order valence-corrected chi connectivity index (χ0v) is 11.7. The zero-order chi connectivity index (χ0) is 12.2. The summed E-state index contributed by atoms with van der Waals surface area (Å²) in [5.74, 6) is 0. The van der Waals surface area contributed by atoms with Crippen LogP contribution in [-0.2, 0) is 6.54 Å². The highest BCUT2D eigenvalue weighted by Crippen LogP contribution is 2.32. The van der Waals surface area contributed by atoms with E-state index in [2.05, 4.69) is 22.4 Å². The predicted molar refractivity (Wildman–Crippen MR) is 76.8 cm³/mol. The number of nitrogens with zero attached hydrogens (tertiary/aromatic N) is 1. The standard InChI is InChI=1S/C15H22N2S/c1-2-4-14(5-3-1)18-15-9-6-12(11-17-15)10-16-13-7-8-13/h6,9,11,13-14,16H,1-5,7-8,10H2. The quantitative estimate of drug-likeness (QED) is 0.874. The highest BCUT2D eigenvalue weighted by Gasteiger charge is 2.20. The molecule has 98 valence electrons. The number of pyridine rings is 1. The van der Waals surface area contributed by atoms with Gasteiger partial charge in [0.05, 0.1) is 5.03 Å². The molecule has 2 aliphatic carbocycles. The Kier molecular flexibility index (Phi) is 4.21. The van der Waals surface area contributed by atoms with E-state index in [1.165, 1.54) is 55.5 Å². The molecule has 1 aromatic rings. The molecule has 3 heteroatoms. The van der Waals surface area contributed by atoms with Crippen LogP contribution >= 0.6 is 11.8 Å². The average molecular weight is 262 g/mol. The highest BCUT2D eigenvalue weighted by molar-refractivity contribution is 7.99. The van der Waals surface area contributed by atoms with Crippen molar-refractivity contribution < 1.29 is 0 Å². The van der Waals surface area contributed by atoms with Crippen LogP contribution in [0.4, 0.5) is 0 Å². The van der Waals surface area contributed by atoms with E-state index in [0.29, 0.717) is 0 Å². The molecule has 0 unspecified atom stereocenters. The maximum atomic E-state index is 4.59. The van der Waals surface area contributed by atoms with Crippen molar-refractivity contribution in [1.29, 1.82) is 0 Å². The van der Waals surface area contributed by atoms with Gasteiger partial charge >= 0.3 is 0 Å². The zero-order valence-electron chi connectivity index (χ0n) is 10.9. The Hall–Kier alpha value is -0.540. The number of rotatable bonds is 5. The molecular weight excluding hydrogens is 240 g/mol. The van der Waals surface area contributed by atoms with E-state index >= 15 is 0 Å². The molecule has 0 bridgehead atoms. The number of thioether (sulfide) groups is 1. The number of hydrogen-bond acceptors (Lipinski definition) is 3. The van der Waals surface area contributed by atoms with Gasteiger partial charge in [-0.15, -0.1) is 11.8 Å². The van der Waals surface area contributed by atoms with Gasteiger partial charge in [0.2, 0.25) is 0 Å². The van der Waals surface area contributed by atoms with Crippen molar-refractivity contribution in [2.24, 2.45) is 0 Å². The van der Waals surface area contributed by atoms with Gasteiger partial charge < -0.3 is 5.32 Å². The van der Waals surface area contributed by atoms with E-state index in [0.717, 1.165) is 17.8 Å². The second-order valence-electron chi connectivity index (χ2n) is 5.54. The molecule has 2 saturated carbocycles. The largest absolute Gasteiger partial charge is 0.310 e. The van der Waals surface area contributed by atoms with Crippen LogP contribution in [0.3, 0.4) is 0 Å². The first-order chi connectivity index (χ1) is 8.90. The Balaban J connectivity index is 1.49. The summed E-state index contributed by atoms with van der Waals surface area (Å²) in [6.45, 7) is 0.978. The maximum absolute atomic E-state index is 4.59. The molecular formula is C15H22N2S. The SMILES string of the molecule is c1cc(SC2CCCCC2)ncc1CNC1CC1. The van der Waals surface area contributed by atoms with Gasteiger partial charge in [0, 0.05) is 24.0 Å². The van der Waals surface area contributed by atoms with Crippen LogP contribution in [0.1, 0.15) is 50.5 Å². The first kappa shape index (κ1) is 12.5. The molecule has 2 fully saturated rings. The fraction of sp³-hybridized carbons (Fsp3) is 0.667. The lowest BCUT2D eigenvalue weighted by molar-refractivity contribution is 0.515. The number of hydrogen-bond donors (Lipinski definition) is 1. The molecule has 18 heavy (non-hydrogen) atoms. The summed E-state index contributed by atoms with van der Waals surface area (Å²) in [5, 5.41) is 5.54. The van der Waals surface area contributed by atoms with Gasteiger partial charge in [-0.2, -0.15) is 0 Å². The topological polar surface area (TPSA) is 24.9 Å².